The van der Waals surface area contributed by atoms with E-state index in [-0.39, 0.29) is 30.0 Å². The van der Waals surface area contributed by atoms with Gasteiger partial charge in [-0.1, -0.05) is 30.3 Å². The van der Waals surface area contributed by atoms with Crippen molar-refractivity contribution in [2.24, 2.45) is 5.73 Å². The summed E-state index contributed by atoms with van der Waals surface area (Å²) in [6.45, 7) is 0.509. The lowest BCUT2D eigenvalue weighted by Gasteiger charge is -2.07. The van der Waals surface area contributed by atoms with E-state index in [4.69, 9.17) is 10.5 Å². The molecule has 0 unspecified atom stereocenters. The molecule has 0 aliphatic rings. The smallest absolute Gasteiger partial charge is 0.276 e. The van der Waals surface area contributed by atoms with Crippen molar-refractivity contribution in [3.05, 3.63) is 70.1 Å². The number of carbonyl (C=O) groups is 2. The molecule has 1 aromatic carbocycles. The number of thiophene rings is 1. The van der Waals surface area contributed by atoms with Gasteiger partial charge in [-0.05, 0) is 17.7 Å². The fraction of sp³-hybridized carbons (Fsp3) is 0.158. The van der Waals surface area contributed by atoms with Crippen molar-refractivity contribution in [2.75, 3.05) is 19.0 Å². The number of rotatable bonds is 7. The van der Waals surface area contributed by atoms with Crippen LogP contribution in [0, 0.1) is 0 Å². The molecule has 2 amide bonds. The Bertz CT molecular complexity index is 1060. The SMILES string of the molecule is COCCn1nc(C(=O)Nc2sc(-c3ccccc3)cc2C(N)=O)ccc1=O. The van der Waals surface area contributed by atoms with Crippen molar-refractivity contribution in [1.82, 2.24) is 9.78 Å². The third kappa shape index (κ3) is 4.33. The van der Waals surface area contributed by atoms with E-state index in [9.17, 15) is 14.4 Å². The monoisotopic (exact) mass is 398 g/mol. The number of aromatic nitrogens is 2. The number of hydrogen-bond donors (Lipinski definition) is 2. The Morgan fingerprint density at radius 3 is 2.64 bits per heavy atom. The molecule has 0 aliphatic carbocycles. The molecule has 0 spiro atoms. The van der Waals surface area contributed by atoms with E-state index in [1.165, 1.54) is 30.6 Å². The Kier molecular flexibility index (Phi) is 5.97. The minimum absolute atomic E-state index is 0.0424. The van der Waals surface area contributed by atoms with Crippen LogP contribution in [0.1, 0.15) is 20.8 Å². The zero-order chi connectivity index (χ0) is 20.1. The Balaban J connectivity index is 1.89. The van der Waals surface area contributed by atoms with Crippen molar-refractivity contribution in [2.45, 2.75) is 6.54 Å². The highest BCUT2D eigenvalue weighted by Crippen LogP contribution is 2.35. The van der Waals surface area contributed by atoms with Gasteiger partial charge in [0.05, 0.1) is 18.7 Å². The number of carbonyl (C=O) groups excluding carboxylic acids is 2. The quantitative estimate of drug-likeness (QED) is 0.631. The van der Waals surface area contributed by atoms with Gasteiger partial charge in [0, 0.05) is 18.1 Å². The summed E-state index contributed by atoms with van der Waals surface area (Å²) in [6.07, 6.45) is 0. The van der Waals surface area contributed by atoms with Gasteiger partial charge in [-0.25, -0.2) is 4.68 Å². The van der Waals surface area contributed by atoms with Crippen LogP contribution in [-0.2, 0) is 11.3 Å². The number of amides is 2. The minimum atomic E-state index is -0.647. The second kappa shape index (κ2) is 8.59. The van der Waals surface area contributed by atoms with Gasteiger partial charge in [0.1, 0.15) is 10.7 Å². The van der Waals surface area contributed by atoms with E-state index in [0.29, 0.717) is 5.00 Å². The summed E-state index contributed by atoms with van der Waals surface area (Å²) in [5, 5.41) is 7.04. The van der Waals surface area contributed by atoms with Crippen LogP contribution in [0.5, 0.6) is 0 Å². The van der Waals surface area contributed by atoms with Crippen LogP contribution in [0.2, 0.25) is 0 Å². The Morgan fingerprint density at radius 1 is 1.21 bits per heavy atom. The van der Waals surface area contributed by atoms with E-state index < -0.39 is 11.8 Å². The fourth-order valence-corrected chi connectivity index (χ4v) is 3.55. The predicted molar refractivity (Wildman–Crippen MR) is 107 cm³/mol. The molecule has 0 radical (unpaired) electrons. The maximum atomic E-state index is 12.6. The minimum Gasteiger partial charge on any atom is -0.383 e. The second-order valence-electron chi connectivity index (χ2n) is 5.81. The molecular formula is C19H18N4O4S. The number of nitrogens with two attached hydrogens (primary N) is 1. The Hall–Kier alpha value is -3.30. The fourth-order valence-electron chi connectivity index (χ4n) is 2.49. The molecule has 28 heavy (non-hydrogen) atoms. The van der Waals surface area contributed by atoms with Crippen molar-refractivity contribution in [3.63, 3.8) is 0 Å². The van der Waals surface area contributed by atoms with Crippen LogP contribution in [0.3, 0.4) is 0 Å². The number of methoxy groups -OCH3 is 1. The van der Waals surface area contributed by atoms with Crippen LogP contribution >= 0.6 is 11.3 Å². The predicted octanol–water partition coefficient (Wildman–Crippen LogP) is 1.97. The van der Waals surface area contributed by atoms with Gasteiger partial charge < -0.3 is 15.8 Å². The Morgan fingerprint density at radius 2 is 1.96 bits per heavy atom. The first-order valence-electron chi connectivity index (χ1n) is 8.37. The lowest BCUT2D eigenvalue weighted by atomic mass is 10.1. The number of ether oxygens (including phenoxy) is 1. The molecule has 3 aromatic rings. The highest BCUT2D eigenvalue weighted by atomic mass is 32.1. The number of nitrogens with one attached hydrogen (secondary N) is 1. The molecule has 3 rings (SSSR count). The summed E-state index contributed by atoms with van der Waals surface area (Å²) in [5.74, 6) is -1.19. The number of benzene rings is 1. The van der Waals surface area contributed by atoms with Crippen molar-refractivity contribution in [1.29, 1.82) is 0 Å². The van der Waals surface area contributed by atoms with E-state index in [1.54, 1.807) is 6.07 Å². The third-order valence-electron chi connectivity index (χ3n) is 3.89. The first-order chi connectivity index (χ1) is 13.5. The zero-order valence-electron chi connectivity index (χ0n) is 15.0. The van der Waals surface area contributed by atoms with Crippen LogP contribution in [-0.4, -0.2) is 35.3 Å². The number of primary amides is 1. The molecule has 8 nitrogen and oxygen atoms in total. The molecule has 0 saturated carbocycles. The topological polar surface area (TPSA) is 116 Å². The molecule has 0 saturated heterocycles. The maximum Gasteiger partial charge on any atom is 0.276 e. The summed E-state index contributed by atoms with van der Waals surface area (Å²) in [7, 11) is 1.51. The van der Waals surface area contributed by atoms with E-state index >= 15 is 0 Å². The van der Waals surface area contributed by atoms with E-state index in [1.807, 2.05) is 30.3 Å². The standard InChI is InChI=1S/C19H18N4O4S/c1-27-10-9-23-16(24)8-7-14(22-23)18(26)21-19-13(17(20)25)11-15(28-19)12-5-3-2-4-6-12/h2-8,11H,9-10H2,1H3,(H2,20,25)(H,21,26). The lowest BCUT2D eigenvalue weighted by molar-refractivity contribution is 0.100. The van der Waals surface area contributed by atoms with E-state index in [0.717, 1.165) is 15.1 Å². The van der Waals surface area contributed by atoms with Crippen LogP contribution in [0.4, 0.5) is 5.00 Å². The van der Waals surface area contributed by atoms with Crippen molar-refractivity contribution < 1.29 is 14.3 Å². The summed E-state index contributed by atoms with van der Waals surface area (Å²) >= 11 is 1.24. The molecular weight excluding hydrogens is 380 g/mol. The maximum absolute atomic E-state index is 12.6. The number of nitrogens with zero attached hydrogens (tertiary/aromatic N) is 2. The van der Waals surface area contributed by atoms with Gasteiger partial charge in [0.15, 0.2) is 0 Å². The van der Waals surface area contributed by atoms with Gasteiger partial charge in [0.2, 0.25) is 0 Å². The van der Waals surface area contributed by atoms with Gasteiger partial charge in [0.25, 0.3) is 17.4 Å². The van der Waals surface area contributed by atoms with Crippen molar-refractivity contribution >= 4 is 28.2 Å². The largest absolute Gasteiger partial charge is 0.383 e. The third-order valence-corrected chi connectivity index (χ3v) is 4.99. The van der Waals surface area contributed by atoms with Crippen LogP contribution in [0.15, 0.2) is 53.3 Å². The molecule has 2 aromatic heterocycles. The number of hydrogen-bond acceptors (Lipinski definition) is 6. The van der Waals surface area contributed by atoms with Crippen LogP contribution < -0.4 is 16.6 Å². The molecule has 0 fully saturated rings. The molecule has 9 heteroatoms. The van der Waals surface area contributed by atoms with Crippen LogP contribution in [0.25, 0.3) is 10.4 Å². The van der Waals surface area contributed by atoms with Gasteiger partial charge in [-0.3, -0.25) is 14.4 Å². The highest BCUT2D eigenvalue weighted by Gasteiger charge is 2.18. The summed E-state index contributed by atoms with van der Waals surface area (Å²) in [4.78, 5) is 37.0. The van der Waals surface area contributed by atoms with E-state index in [2.05, 4.69) is 10.4 Å². The zero-order valence-corrected chi connectivity index (χ0v) is 15.9. The van der Waals surface area contributed by atoms with Gasteiger partial charge >= 0.3 is 0 Å². The highest BCUT2D eigenvalue weighted by molar-refractivity contribution is 7.20. The first-order valence-corrected chi connectivity index (χ1v) is 9.18. The Labute approximate surface area is 164 Å². The summed E-state index contributed by atoms with van der Waals surface area (Å²) in [6, 6.07) is 13.7. The lowest BCUT2D eigenvalue weighted by Crippen LogP contribution is -2.27. The molecule has 0 atom stereocenters. The van der Waals surface area contributed by atoms with Crippen molar-refractivity contribution in [3.8, 4) is 10.4 Å². The van der Waals surface area contributed by atoms with Gasteiger partial charge in [-0.2, -0.15) is 5.10 Å². The average Bonchev–Trinajstić information content (AvgIpc) is 3.12. The summed E-state index contributed by atoms with van der Waals surface area (Å²) < 4.78 is 6.08. The first kappa shape index (κ1) is 19.5. The average molecular weight is 398 g/mol. The molecule has 0 bridgehead atoms. The molecule has 2 heterocycles. The molecule has 3 N–H and O–H groups in total. The number of anilines is 1. The second-order valence-corrected chi connectivity index (χ2v) is 6.86. The normalized spacial score (nSPS) is 10.6. The summed E-state index contributed by atoms with van der Waals surface area (Å²) in [5.41, 5.74) is 6.28. The molecule has 0 aliphatic heterocycles. The molecule has 144 valence electrons. The van der Waals surface area contributed by atoms with Gasteiger partial charge in [-0.15, -0.1) is 11.3 Å².